The van der Waals surface area contributed by atoms with E-state index in [0.29, 0.717) is 6.04 Å². The molecule has 0 bridgehead atoms. The van der Waals surface area contributed by atoms with Crippen molar-refractivity contribution >= 4 is 0 Å². The van der Waals surface area contributed by atoms with Crippen molar-refractivity contribution in [2.75, 3.05) is 13.2 Å². The summed E-state index contributed by atoms with van der Waals surface area (Å²) in [6.07, 6.45) is 2.80. The molecule has 1 aliphatic carbocycles. The Kier molecular flexibility index (Phi) is 3.89. The summed E-state index contributed by atoms with van der Waals surface area (Å²) < 4.78 is 7.85. The van der Waals surface area contributed by atoms with Crippen molar-refractivity contribution in [1.82, 2.24) is 4.57 Å². The minimum Gasteiger partial charge on any atom is -0.388 e. The molecule has 0 fully saturated rings. The van der Waals surface area contributed by atoms with Gasteiger partial charge < -0.3 is 14.4 Å². The van der Waals surface area contributed by atoms with E-state index in [1.165, 1.54) is 11.4 Å². The summed E-state index contributed by atoms with van der Waals surface area (Å²) in [5.74, 6) is 0. The molecule has 0 amide bonds. The lowest BCUT2D eigenvalue weighted by Crippen LogP contribution is -2.18. The maximum atomic E-state index is 10.0. The minimum absolute atomic E-state index is 0.266. The zero-order valence-electron chi connectivity index (χ0n) is 11.1. The quantitative estimate of drug-likeness (QED) is 0.873. The number of aryl methyl sites for hydroxylation is 1. The highest BCUT2D eigenvalue weighted by molar-refractivity contribution is 5.32. The Morgan fingerprint density at radius 3 is 3.06 bits per heavy atom. The van der Waals surface area contributed by atoms with Crippen LogP contribution in [0, 0.1) is 6.92 Å². The third-order valence-corrected chi connectivity index (χ3v) is 3.62. The first-order chi connectivity index (χ1) is 8.15. The molecule has 1 aromatic rings. The van der Waals surface area contributed by atoms with Crippen LogP contribution in [0.1, 0.15) is 55.8 Å². The van der Waals surface area contributed by atoms with Crippen LogP contribution < -0.4 is 0 Å². The van der Waals surface area contributed by atoms with Gasteiger partial charge in [0.15, 0.2) is 0 Å². The van der Waals surface area contributed by atoms with E-state index in [2.05, 4.69) is 24.5 Å². The van der Waals surface area contributed by atoms with Crippen molar-refractivity contribution in [3.63, 3.8) is 0 Å². The van der Waals surface area contributed by atoms with Crippen LogP contribution >= 0.6 is 0 Å². The van der Waals surface area contributed by atoms with Crippen LogP contribution in [0.4, 0.5) is 0 Å². The monoisotopic (exact) mass is 237 g/mol. The van der Waals surface area contributed by atoms with E-state index in [1.54, 1.807) is 0 Å². The van der Waals surface area contributed by atoms with Gasteiger partial charge in [-0.25, -0.2) is 0 Å². The summed E-state index contributed by atoms with van der Waals surface area (Å²) in [7, 11) is 0. The first-order valence-corrected chi connectivity index (χ1v) is 6.61. The SMILES string of the molecule is CCOCC(C)n1c(C)cc2c1CCCC2O. The molecule has 1 heterocycles. The van der Waals surface area contributed by atoms with Gasteiger partial charge >= 0.3 is 0 Å². The van der Waals surface area contributed by atoms with Gasteiger partial charge in [-0.15, -0.1) is 0 Å². The lowest BCUT2D eigenvalue weighted by molar-refractivity contribution is 0.116. The lowest BCUT2D eigenvalue weighted by atomic mass is 9.95. The van der Waals surface area contributed by atoms with Crippen LogP contribution in [-0.2, 0) is 11.2 Å². The predicted molar refractivity (Wildman–Crippen MR) is 68.3 cm³/mol. The van der Waals surface area contributed by atoms with Crippen molar-refractivity contribution in [2.45, 2.75) is 52.2 Å². The van der Waals surface area contributed by atoms with E-state index in [9.17, 15) is 5.11 Å². The maximum absolute atomic E-state index is 10.0. The van der Waals surface area contributed by atoms with Gasteiger partial charge in [-0.3, -0.25) is 0 Å². The molecule has 3 heteroatoms. The van der Waals surface area contributed by atoms with Crippen molar-refractivity contribution in [2.24, 2.45) is 0 Å². The highest BCUT2D eigenvalue weighted by Gasteiger charge is 2.24. The number of rotatable bonds is 4. The normalized spacial score (nSPS) is 21.3. The third kappa shape index (κ3) is 2.40. The Balaban J connectivity index is 2.27. The molecule has 0 spiro atoms. The van der Waals surface area contributed by atoms with E-state index >= 15 is 0 Å². The first-order valence-electron chi connectivity index (χ1n) is 6.61. The zero-order valence-corrected chi connectivity index (χ0v) is 11.1. The van der Waals surface area contributed by atoms with Gasteiger partial charge in [0.25, 0.3) is 0 Å². The summed E-state index contributed by atoms with van der Waals surface area (Å²) in [4.78, 5) is 0. The predicted octanol–water partition coefficient (Wildman–Crippen LogP) is 2.76. The molecular weight excluding hydrogens is 214 g/mol. The smallest absolute Gasteiger partial charge is 0.0807 e. The number of hydrogen-bond donors (Lipinski definition) is 1. The average molecular weight is 237 g/mol. The number of fused-ring (bicyclic) bond motifs is 1. The Morgan fingerprint density at radius 1 is 1.59 bits per heavy atom. The van der Waals surface area contributed by atoms with Gasteiger partial charge in [0, 0.05) is 23.6 Å². The van der Waals surface area contributed by atoms with Gasteiger partial charge in [0.2, 0.25) is 0 Å². The Labute approximate surface area is 103 Å². The minimum atomic E-state index is -0.266. The highest BCUT2D eigenvalue weighted by atomic mass is 16.5. The van der Waals surface area contributed by atoms with Crippen LogP contribution in [-0.4, -0.2) is 22.9 Å². The molecule has 2 unspecified atom stereocenters. The Bertz CT molecular complexity index is 384. The lowest BCUT2D eigenvalue weighted by Gasteiger charge is -2.24. The molecule has 0 aliphatic heterocycles. The Morgan fingerprint density at radius 2 is 2.35 bits per heavy atom. The molecular formula is C14H23NO2. The summed E-state index contributed by atoms with van der Waals surface area (Å²) in [6.45, 7) is 7.83. The summed E-state index contributed by atoms with van der Waals surface area (Å²) in [5, 5.41) is 10.0. The molecule has 17 heavy (non-hydrogen) atoms. The van der Waals surface area contributed by atoms with Crippen LogP contribution in [0.2, 0.25) is 0 Å². The van der Waals surface area contributed by atoms with Crippen LogP contribution in [0.3, 0.4) is 0 Å². The van der Waals surface area contributed by atoms with Gasteiger partial charge in [0.05, 0.1) is 18.8 Å². The average Bonchev–Trinajstić information content (AvgIpc) is 2.64. The number of hydrogen-bond acceptors (Lipinski definition) is 2. The number of aliphatic hydroxyl groups is 1. The van der Waals surface area contributed by atoms with E-state index in [-0.39, 0.29) is 6.10 Å². The summed E-state index contributed by atoms with van der Waals surface area (Å²) in [5.41, 5.74) is 3.69. The van der Waals surface area contributed by atoms with Crippen molar-refractivity contribution < 1.29 is 9.84 Å². The molecule has 1 N–H and O–H groups in total. The third-order valence-electron chi connectivity index (χ3n) is 3.62. The van der Waals surface area contributed by atoms with Gasteiger partial charge in [-0.05, 0) is 46.1 Å². The molecule has 0 radical (unpaired) electrons. The van der Waals surface area contributed by atoms with Crippen LogP contribution in [0.25, 0.3) is 0 Å². The van der Waals surface area contributed by atoms with E-state index in [4.69, 9.17) is 4.74 Å². The maximum Gasteiger partial charge on any atom is 0.0807 e. The zero-order chi connectivity index (χ0) is 12.4. The summed E-state index contributed by atoms with van der Waals surface area (Å²) in [6, 6.07) is 2.49. The molecule has 0 saturated carbocycles. The van der Waals surface area contributed by atoms with Crippen molar-refractivity contribution in [3.05, 3.63) is 23.0 Å². The van der Waals surface area contributed by atoms with Crippen molar-refractivity contribution in [3.8, 4) is 0 Å². The topological polar surface area (TPSA) is 34.4 Å². The molecule has 96 valence electrons. The van der Waals surface area contributed by atoms with Crippen LogP contribution in [0.15, 0.2) is 6.07 Å². The number of nitrogens with zero attached hydrogens (tertiary/aromatic N) is 1. The molecule has 0 saturated heterocycles. The number of ether oxygens (including phenoxy) is 1. The molecule has 2 rings (SSSR count). The fraction of sp³-hybridized carbons (Fsp3) is 0.714. The number of aliphatic hydroxyl groups excluding tert-OH is 1. The highest BCUT2D eigenvalue weighted by Crippen LogP contribution is 2.33. The van der Waals surface area contributed by atoms with Gasteiger partial charge in [0.1, 0.15) is 0 Å². The van der Waals surface area contributed by atoms with E-state index in [1.807, 2.05) is 6.92 Å². The first kappa shape index (κ1) is 12.7. The largest absolute Gasteiger partial charge is 0.388 e. The number of aromatic nitrogens is 1. The molecule has 2 atom stereocenters. The second-order valence-electron chi connectivity index (χ2n) is 4.97. The second-order valence-corrected chi connectivity index (χ2v) is 4.97. The standard InChI is InChI=1S/C14H23NO2/c1-4-17-9-11(3)15-10(2)8-12-13(15)6-5-7-14(12)16/h8,11,14,16H,4-7,9H2,1-3H3. The fourth-order valence-corrected chi connectivity index (χ4v) is 2.88. The molecule has 1 aliphatic rings. The summed E-state index contributed by atoms with van der Waals surface area (Å²) >= 11 is 0. The van der Waals surface area contributed by atoms with Gasteiger partial charge in [-0.2, -0.15) is 0 Å². The second kappa shape index (κ2) is 5.23. The van der Waals surface area contributed by atoms with E-state index in [0.717, 1.165) is 38.0 Å². The Hall–Kier alpha value is -0.800. The molecule has 1 aromatic heterocycles. The van der Waals surface area contributed by atoms with Crippen molar-refractivity contribution in [1.29, 1.82) is 0 Å². The van der Waals surface area contributed by atoms with Crippen LogP contribution in [0.5, 0.6) is 0 Å². The fourth-order valence-electron chi connectivity index (χ4n) is 2.88. The molecule has 3 nitrogen and oxygen atoms in total. The molecule has 0 aromatic carbocycles. The van der Waals surface area contributed by atoms with E-state index < -0.39 is 0 Å². The van der Waals surface area contributed by atoms with Gasteiger partial charge in [-0.1, -0.05) is 0 Å².